The molecule has 7 rings (SSSR count). The molecular weight excluding hydrogens is 484 g/mol. The van der Waals surface area contributed by atoms with Crippen molar-refractivity contribution in [1.82, 2.24) is 24.3 Å². The Labute approximate surface area is 207 Å². The Balaban J connectivity index is 1.36. The van der Waals surface area contributed by atoms with Gasteiger partial charge in [-0.15, -0.1) is 11.3 Å². The van der Waals surface area contributed by atoms with E-state index in [4.69, 9.17) is 14.8 Å². The van der Waals surface area contributed by atoms with Gasteiger partial charge in [-0.1, -0.05) is 0 Å². The molecule has 6 heterocycles. The van der Waals surface area contributed by atoms with E-state index in [1.165, 1.54) is 11.3 Å². The number of rotatable bonds is 5. The molecular formula is C24H26N6O3S2. The number of sulfonamides is 1. The van der Waals surface area contributed by atoms with Gasteiger partial charge >= 0.3 is 0 Å². The second-order valence-electron chi connectivity index (χ2n) is 10.4. The molecule has 1 spiro atoms. The van der Waals surface area contributed by atoms with Crippen LogP contribution in [0.2, 0.25) is 0 Å². The molecule has 0 amide bonds. The van der Waals surface area contributed by atoms with E-state index in [0.717, 1.165) is 78.6 Å². The maximum absolute atomic E-state index is 13.4. The van der Waals surface area contributed by atoms with Gasteiger partial charge in [0.2, 0.25) is 10.0 Å². The molecule has 1 N–H and O–H groups in total. The van der Waals surface area contributed by atoms with Gasteiger partial charge in [-0.25, -0.2) is 27.6 Å². The number of ether oxygens (including phenoxy) is 1. The lowest BCUT2D eigenvalue weighted by Crippen LogP contribution is -2.51. The molecule has 3 fully saturated rings. The first-order chi connectivity index (χ1) is 16.8. The summed E-state index contributed by atoms with van der Waals surface area (Å²) in [6, 6.07) is 7.38. The minimum Gasteiger partial charge on any atom is -0.380 e. The van der Waals surface area contributed by atoms with Crippen LogP contribution in [0.4, 0.5) is 5.82 Å². The first-order valence-electron chi connectivity index (χ1n) is 11.9. The maximum atomic E-state index is 13.4. The molecule has 9 nitrogen and oxygen atoms in total. The minimum absolute atomic E-state index is 0.265. The van der Waals surface area contributed by atoms with Crippen LogP contribution in [0.5, 0.6) is 0 Å². The van der Waals surface area contributed by atoms with Crippen molar-refractivity contribution in [3.05, 3.63) is 36.7 Å². The predicted octanol–water partition coefficient (Wildman–Crippen LogP) is 3.45. The number of nitrogens with one attached hydrogen (secondary N) is 1. The van der Waals surface area contributed by atoms with Gasteiger partial charge in [-0.3, -0.25) is 0 Å². The first-order valence-corrected chi connectivity index (χ1v) is 14.2. The quantitative estimate of drug-likeness (QED) is 0.439. The third kappa shape index (κ3) is 3.64. The van der Waals surface area contributed by atoms with Crippen molar-refractivity contribution in [2.45, 2.75) is 43.0 Å². The molecule has 1 saturated carbocycles. The number of pyridine rings is 2. The lowest BCUT2D eigenvalue weighted by atomic mass is 9.77. The van der Waals surface area contributed by atoms with Crippen molar-refractivity contribution in [3.8, 4) is 10.6 Å². The van der Waals surface area contributed by atoms with Gasteiger partial charge in [0.1, 0.15) is 10.8 Å². The maximum Gasteiger partial charge on any atom is 0.241 e. The molecule has 35 heavy (non-hydrogen) atoms. The van der Waals surface area contributed by atoms with Crippen LogP contribution in [0.25, 0.3) is 26.4 Å². The highest BCUT2D eigenvalue weighted by atomic mass is 32.2. The second-order valence-corrected chi connectivity index (χ2v) is 13.1. The molecule has 3 aliphatic rings. The molecule has 4 aromatic rings. The van der Waals surface area contributed by atoms with Crippen LogP contribution in [0.15, 0.2) is 41.6 Å². The van der Waals surface area contributed by atoms with Crippen molar-refractivity contribution >= 4 is 43.0 Å². The molecule has 0 atom stereocenters. The Morgan fingerprint density at radius 1 is 1.14 bits per heavy atom. The van der Waals surface area contributed by atoms with Crippen molar-refractivity contribution in [2.75, 3.05) is 31.2 Å². The number of aromatic nitrogens is 4. The minimum atomic E-state index is -3.69. The number of hydrogen-bond acceptors (Lipinski definition) is 8. The molecule has 182 valence electrons. The largest absolute Gasteiger partial charge is 0.380 e. The Morgan fingerprint density at radius 3 is 2.63 bits per heavy atom. The molecule has 2 saturated heterocycles. The molecule has 0 unspecified atom stereocenters. The van der Waals surface area contributed by atoms with E-state index in [9.17, 15) is 8.42 Å². The molecule has 4 aromatic heterocycles. The molecule has 0 radical (unpaired) electrons. The van der Waals surface area contributed by atoms with Crippen LogP contribution in [0.3, 0.4) is 0 Å². The van der Waals surface area contributed by atoms with Gasteiger partial charge in [-0.2, -0.15) is 5.10 Å². The average Bonchev–Trinajstić information content (AvgIpc) is 3.22. The van der Waals surface area contributed by atoms with Crippen LogP contribution in [0, 0.1) is 5.41 Å². The molecule has 1 aliphatic carbocycles. The van der Waals surface area contributed by atoms with Crippen LogP contribution >= 0.6 is 11.3 Å². The summed E-state index contributed by atoms with van der Waals surface area (Å²) in [5.74, 6) is 0.796. The van der Waals surface area contributed by atoms with Gasteiger partial charge in [-0.05, 0) is 50.8 Å². The fourth-order valence-electron chi connectivity index (χ4n) is 5.04. The van der Waals surface area contributed by atoms with E-state index in [1.807, 2.05) is 23.6 Å². The standard InChI is InChI=1S/C24H26N6O3S2/c1-23(4-5-23)28-35(31,32)16-11-18-17(22-27-21-19(34-22)3-2-8-25-21)13-26-30(18)20(12-16)29-9-6-24(7-10-29)14-33-15-24/h2-3,8,11-13,28H,4-7,9-10,14-15H2,1H3. The number of hydrogen-bond donors (Lipinski definition) is 1. The summed E-state index contributed by atoms with van der Waals surface area (Å²) >= 11 is 1.54. The summed E-state index contributed by atoms with van der Waals surface area (Å²) in [5.41, 5.74) is 2.16. The Kier molecular flexibility index (Phi) is 4.61. The summed E-state index contributed by atoms with van der Waals surface area (Å²) in [6.45, 7) is 5.28. The van der Waals surface area contributed by atoms with Crippen LogP contribution in [-0.2, 0) is 14.8 Å². The zero-order valence-electron chi connectivity index (χ0n) is 19.4. The average molecular weight is 511 g/mol. The van der Waals surface area contributed by atoms with E-state index in [2.05, 4.69) is 14.6 Å². The van der Waals surface area contributed by atoms with E-state index < -0.39 is 10.0 Å². The monoisotopic (exact) mass is 510 g/mol. The lowest BCUT2D eigenvalue weighted by molar-refractivity contribution is -0.124. The Bertz CT molecular complexity index is 1530. The highest BCUT2D eigenvalue weighted by Gasteiger charge is 2.43. The smallest absolute Gasteiger partial charge is 0.241 e. The van der Waals surface area contributed by atoms with E-state index in [-0.39, 0.29) is 15.8 Å². The topological polar surface area (TPSA) is 102 Å². The molecule has 0 bridgehead atoms. The number of nitrogens with zero attached hydrogens (tertiary/aromatic N) is 5. The number of anilines is 1. The summed E-state index contributed by atoms with van der Waals surface area (Å²) in [7, 11) is -3.69. The molecule has 11 heteroatoms. The van der Waals surface area contributed by atoms with Crippen LogP contribution in [-0.4, -0.2) is 59.8 Å². The Hall–Kier alpha value is -2.60. The predicted molar refractivity (Wildman–Crippen MR) is 134 cm³/mol. The van der Waals surface area contributed by atoms with Gasteiger partial charge in [0.25, 0.3) is 0 Å². The third-order valence-corrected chi connectivity index (χ3v) is 10.3. The zero-order chi connectivity index (χ0) is 23.8. The fraction of sp³-hybridized carbons (Fsp3) is 0.458. The van der Waals surface area contributed by atoms with Crippen molar-refractivity contribution in [3.63, 3.8) is 0 Å². The second kappa shape index (κ2) is 7.45. The zero-order valence-corrected chi connectivity index (χ0v) is 21.0. The highest BCUT2D eigenvalue weighted by Crippen LogP contribution is 2.41. The normalized spacial score (nSPS) is 21.0. The first kappa shape index (κ1) is 21.7. The van der Waals surface area contributed by atoms with Gasteiger partial charge in [0.15, 0.2) is 5.65 Å². The van der Waals surface area contributed by atoms with E-state index in [0.29, 0.717) is 5.65 Å². The van der Waals surface area contributed by atoms with Crippen LogP contribution < -0.4 is 9.62 Å². The van der Waals surface area contributed by atoms with Crippen molar-refractivity contribution in [2.24, 2.45) is 5.41 Å². The lowest BCUT2D eigenvalue weighted by Gasteiger charge is -2.47. The van der Waals surface area contributed by atoms with E-state index in [1.54, 1.807) is 24.5 Å². The number of piperidine rings is 1. The summed E-state index contributed by atoms with van der Waals surface area (Å²) < 4.78 is 38.1. The summed E-state index contributed by atoms with van der Waals surface area (Å²) in [4.78, 5) is 11.6. The third-order valence-electron chi connectivity index (χ3n) is 7.62. The number of fused-ring (bicyclic) bond motifs is 2. The van der Waals surface area contributed by atoms with Gasteiger partial charge in [0.05, 0.1) is 40.1 Å². The SMILES string of the molecule is CC1(NS(=O)(=O)c2cc(N3CCC4(CC3)COC4)n3ncc(-c4nc5ncccc5s4)c3c2)CC1. The van der Waals surface area contributed by atoms with E-state index >= 15 is 0 Å². The Morgan fingerprint density at radius 2 is 1.94 bits per heavy atom. The van der Waals surface area contributed by atoms with Gasteiger partial charge in [0, 0.05) is 36.3 Å². The van der Waals surface area contributed by atoms with Crippen LogP contribution in [0.1, 0.15) is 32.6 Å². The van der Waals surface area contributed by atoms with Crippen molar-refractivity contribution in [1.29, 1.82) is 0 Å². The highest BCUT2D eigenvalue weighted by molar-refractivity contribution is 7.89. The summed E-state index contributed by atoms with van der Waals surface area (Å²) in [5, 5.41) is 5.48. The molecule has 0 aromatic carbocycles. The number of thiazole rings is 1. The fourth-order valence-corrected chi connectivity index (χ4v) is 7.48. The summed E-state index contributed by atoms with van der Waals surface area (Å²) in [6.07, 6.45) is 7.28. The van der Waals surface area contributed by atoms with Crippen molar-refractivity contribution < 1.29 is 13.2 Å². The van der Waals surface area contributed by atoms with Gasteiger partial charge < -0.3 is 9.64 Å². The molecule has 2 aliphatic heterocycles.